The largest absolute Gasteiger partial charge is 0.351 e. The third-order valence-electron chi connectivity index (χ3n) is 4.81. The van der Waals surface area contributed by atoms with Gasteiger partial charge in [0.05, 0.1) is 6.20 Å². The van der Waals surface area contributed by atoms with Gasteiger partial charge in [-0.1, -0.05) is 29.3 Å². The van der Waals surface area contributed by atoms with Crippen LogP contribution in [0.25, 0.3) is 11.7 Å². The summed E-state index contributed by atoms with van der Waals surface area (Å²) in [6.07, 6.45) is 5.18. The summed E-state index contributed by atoms with van der Waals surface area (Å²) in [5.41, 5.74) is 1.86. The van der Waals surface area contributed by atoms with Crippen molar-refractivity contribution in [3.8, 4) is 0 Å². The van der Waals surface area contributed by atoms with Crippen LogP contribution in [-0.2, 0) is 11.3 Å². The van der Waals surface area contributed by atoms with Crippen LogP contribution in [0, 0.1) is 0 Å². The second-order valence-electron chi connectivity index (χ2n) is 7.14. The monoisotopic (exact) mass is 458 g/mol. The van der Waals surface area contributed by atoms with E-state index in [-0.39, 0.29) is 5.70 Å². The Morgan fingerprint density at radius 1 is 1.16 bits per heavy atom. The number of benzene rings is 1. The lowest BCUT2D eigenvalue weighted by Gasteiger charge is -2.11. The zero-order chi connectivity index (χ0) is 21.5. The van der Waals surface area contributed by atoms with Crippen molar-refractivity contribution >= 4 is 58.8 Å². The van der Waals surface area contributed by atoms with E-state index in [0.717, 1.165) is 18.4 Å². The molecule has 0 spiro atoms. The minimum Gasteiger partial charge on any atom is -0.351 e. The fourth-order valence-corrected chi connectivity index (χ4v) is 3.62. The van der Waals surface area contributed by atoms with Crippen molar-refractivity contribution in [2.24, 2.45) is 0 Å². The molecule has 0 bridgehead atoms. The van der Waals surface area contributed by atoms with Gasteiger partial charge in [-0.05, 0) is 31.1 Å². The molecule has 2 fully saturated rings. The van der Waals surface area contributed by atoms with Crippen molar-refractivity contribution < 1.29 is 9.59 Å². The molecule has 158 valence electrons. The van der Waals surface area contributed by atoms with Crippen LogP contribution < -0.4 is 21.3 Å². The highest BCUT2D eigenvalue weighted by molar-refractivity contribution is 6.36. The Hall–Kier alpha value is -3.37. The molecule has 3 heterocycles. The van der Waals surface area contributed by atoms with E-state index in [2.05, 4.69) is 36.3 Å². The standard InChI is InChI=1S/C19H16Cl2N8O2/c20-12-2-1-3-13(21)11(12)8-22-17-26-15-9(6-14-16(30)27-19(31)25-14)7-23-29(15)18(28-17)24-10-4-5-10/h1-3,6-7,10H,4-5,8H2,(H2,22,24,26,28)(H2,25,27,30,31)/b14-6-. The number of fused-ring (bicyclic) bond motifs is 1. The Morgan fingerprint density at radius 2 is 1.94 bits per heavy atom. The van der Waals surface area contributed by atoms with E-state index in [1.54, 1.807) is 28.9 Å². The van der Waals surface area contributed by atoms with E-state index in [9.17, 15) is 9.59 Å². The van der Waals surface area contributed by atoms with Gasteiger partial charge in [0.25, 0.3) is 5.91 Å². The van der Waals surface area contributed by atoms with E-state index >= 15 is 0 Å². The Morgan fingerprint density at radius 3 is 2.61 bits per heavy atom. The van der Waals surface area contributed by atoms with Gasteiger partial charge in [-0.3, -0.25) is 10.1 Å². The van der Waals surface area contributed by atoms with Crippen molar-refractivity contribution in [1.29, 1.82) is 0 Å². The van der Waals surface area contributed by atoms with Gasteiger partial charge in [0.15, 0.2) is 5.65 Å². The number of carbonyl (C=O) groups excluding carboxylic acids is 2. The lowest BCUT2D eigenvalue weighted by atomic mass is 10.2. The summed E-state index contributed by atoms with van der Waals surface area (Å²) >= 11 is 12.5. The van der Waals surface area contributed by atoms with Crippen molar-refractivity contribution in [1.82, 2.24) is 30.2 Å². The van der Waals surface area contributed by atoms with Crippen molar-refractivity contribution in [3.63, 3.8) is 0 Å². The van der Waals surface area contributed by atoms with Crippen molar-refractivity contribution in [2.75, 3.05) is 10.6 Å². The summed E-state index contributed by atoms with van der Waals surface area (Å²) in [6.45, 7) is 0.320. The number of hydrogen-bond donors (Lipinski definition) is 4. The van der Waals surface area contributed by atoms with Crippen molar-refractivity contribution in [3.05, 3.63) is 51.3 Å². The molecule has 1 aliphatic heterocycles. The molecule has 31 heavy (non-hydrogen) atoms. The van der Waals surface area contributed by atoms with Crippen molar-refractivity contribution in [2.45, 2.75) is 25.4 Å². The predicted molar refractivity (Wildman–Crippen MR) is 116 cm³/mol. The maximum Gasteiger partial charge on any atom is 0.326 e. The molecule has 3 aromatic rings. The molecule has 0 unspecified atom stereocenters. The topological polar surface area (TPSA) is 125 Å². The molecule has 3 amide bonds. The van der Waals surface area contributed by atoms with Crippen LogP contribution in [0.4, 0.5) is 16.7 Å². The number of nitrogens with one attached hydrogen (secondary N) is 4. The summed E-state index contributed by atoms with van der Waals surface area (Å²) in [6, 6.07) is 5.05. The highest BCUT2D eigenvalue weighted by atomic mass is 35.5. The predicted octanol–water partition coefficient (Wildman–Crippen LogP) is 2.80. The Balaban J connectivity index is 1.51. The summed E-state index contributed by atoms with van der Waals surface area (Å²) in [4.78, 5) is 32.4. The van der Waals surface area contributed by atoms with E-state index in [1.807, 2.05) is 0 Å². The number of carbonyl (C=O) groups is 2. The summed E-state index contributed by atoms with van der Waals surface area (Å²) < 4.78 is 1.56. The molecule has 1 saturated heterocycles. The lowest BCUT2D eigenvalue weighted by molar-refractivity contribution is -0.115. The zero-order valence-electron chi connectivity index (χ0n) is 15.9. The molecule has 2 aromatic heterocycles. The van der Waals surface area contributed by atoms with E-state index < -0.39 is 11.9 Å². The molecular formula is C19H16Cl2N8O2. The summed E-state index contributed by atoms with van der Waals surface area (Å²) in [5, 5.41) is 16.5. The third kappa shape index (κ3) is 3.99. The minimum atomic E-state index is -0.572. The second kappa shape index (κ2) is 7.71. The van der Waals surface area contributed by atoms with Crippen LogP contribution >= 0.6 is 23.2 Å². The molecule has 0 atom stereocenters. The van der Waals surface area contributed by atoms with Crippen LogP contribution in [-0.4, -0.2) is 37.6 Å². The SMILES string of the molecule is O=C1NC(=O)/C(=C/c2cnn3c(NC4CC4)nc(NCc4c(Cl)cccc4Cl)nc23)N1. The summed E-state index contributed by atoms with van der Waals surface area (Å²) in [7, 11) is 0. The number of urea groups is 1. The number of anilines is 2. The van der Waals surface area contributed by atoms with Gasteiger partial charge >= 0.3 is 6.03 Å². The average Bonchev–Trinajstić information content (AvgIpc) is 3.36. The first-order valence-corrected chi connectivity index (χ1v) is 10.3. The van der Waals surface area contributed by atoms with Gasteiger partial charge in [-0.15, -0.1) is 0 Å². The molecular weight excluding hydrogens is 443 g/mol. The van der Waals surface area contributed by atoms with Crippen LogP contribution in [0.1, 0.15) is 24.0 Å². The quantitative estimate of drug-likeness (QED) is 0.330. The van der Waals surface area contributed by atoms with Gasteiger partial charge in [0.1, 0.15) is 5.70 Å². The Bertz CT molecular complexity index is 1230. The number of rotatable bonds is 6. The first-order valence-electron chi connectivity index (χ1n) is 9.51. The van der Waals surface area contributed by atoms with Gasteiger partial charge in [-0.25, -0.2) is 4.79 Å². The lowest BCUT2D eigenvalue weighted by Crippen LogP contribution is -2.22. The maximum absolute atomic E-state index is 11.9. The number of hydrogen-bond acceptors (Lipinski definition) is 7. The second-order valence-corrected chi connectivity index (χ2v) is 7.96. The van der Waals surface area contributed by atoms with E-state index in [4.69, 9.17) is 23.2 Å². The normalized spacial score (nSPS) is 17.2. The molecule has 4 N–H and O–H groups in total. The number of halogens is 2. The van der Waals surface area contributed by atoms with E-state index in [0.29, 0.717) is 45.7 Å². The number of amides is 3. The first-order chi connectivity index (χ1) is 15.0. The highest BCUT2D eigenvalue weighted by Crippen LogP contribution is 2.27. The van der Waals surface area contributed by atoms with E-state index in [1.165, 1.54) is 6.08 Å². The summed E-state index contributed by atoms with van der Waals surface area (Å²) in [5.74, 6) is 0.345. The fourth-order valence-electron chi connectivity index (χ4n) is 3.09. The molecule has 10 nitrogen and oxygen atoms in total. The van der Waals surface area contributed by atoms with Gasteiger partial charge in [0.2, 0.25) is 11.9 Å². The fraction of sp³-hybridized carbons (Fsp3) is 0.211. The van der Waals surface area contributed by atoms with Gasteiger partial charge < -0.3 is 16.0 Å². The number of aromatic nitrogens is 4. The maximum atomic E-state index is 11.9. The smallest absolute Gasteiger partial charge is 0.326 e. The Labute approximate surface area is 186 Å². The molecule has 0 radical (unpaired) electrons. The first kappa shape index (κ1) is 19.6. The average molecular weight is 459 g/mol. The molecule has 1 saturated carbocycles. The van der Waals surface area contributed by atoms with Crippen LogP contribution in [0.5, 0.6) is 0 Å². The van der Waals surface area contributed by atoms with Crippen LogP contribution in [0.2, 0.25) is 10.0 Å². The van der Waals surface area contributed by atoms with Gasteiger partial charge in [0, 0.05) is 33.8 Å². The van der Waals surface area contributed by atoms with Crippen LogP contribution in [0.15, 0.2) is 30.1 Å². The molecule has 2 aliphatic rings. The molecule has 1 aliphatic carbocycles. The Kier molecular flexibility index (Phi) is 4.87. The van der Waals surface area contributed by atoms with Crippen LogP contribution in [0.3, 0.4) is 0 Å². The number of nitrogens with zero attached hydrogens (tertiary/aromatic N) is 4. The highest BCUT2D eigenvalue weighted by Gasteiger charge is 2.26. The zero-order valence-corrected chi connectivity index (χ0v) is 17.5. The minimum absolute atomic E-state index is 0.118. The number of imide groups is 1. The third-order valence-corrected chi connectivity index (χ3v) is 5.52. The molecule has 1 aromatic carbocycles. The molecule has 12 heteroatoms. The molecule has 5 rings (SSSR count). The van der Waals surface area contributed by atoms with Gasteiger partial charge in [-0.2, -0.15) is 19.6 Å².